The zero-order valence-electron chi connectivity index (χ0n) is 7.21. The van der Waals surface area contributed by atoms with Crippen LogP contribution in [0.25, 0.3) is 0 Å². The number of hydrogen-bond acceptors (Lipinski definition) is 3. The number of pyridine rings is 1. The fraction of sp³-hybridized carbons (Fsp3) is 0.375. The smallest absolute Gasteiger partial charge is 0.272 e. The molecular weight excluding hydrogens is 197 g/mol. The first-order chi connectivity index (χ1) is 6.63. The summed E-state index contributed by atoms with van der Waals surface area (Å²) in [6.07, 6.45) is -1.70. The average molecular weight is 206 g/mol. The monoisotopic (exact) mass is 206 g/mol. The Balaban J connectivity index is 2.75. The van der Waals surface area contributed by atoms with Crippen molar-refractivity contribution in [2.45, 2.75) is 13.0 Å². The van der Waals surface area contributed by atoms with Crippen LogP contribution >= 0.6 is 0 Å². The Morgan fingerprint density at radius 3 is 2.79 bits per heavy atom. The summed E-state index contributed by atoms with van der Waals surface area (Å²) in [4.78, 5) is 3.51. The second-order valence-corrected chi connectivity index (χ2v) is 2.52. The van der Waals surface area contributed by atoms with Gasteiger partial charge in [-0.15, -0.1) is 0 Å². The van der Waals surface area contributed by atoms with E-state index in [0.717, 1.165) is 12.3 Å². The van der Waals surface area contributed by atoms with Gasteiger partial charge in [0.2, 0.25) is 5.88 Å². The van der Waals surface area contributed by atoms with E-state index >= 15 is 0 Å². The van der Waals surface area contributed by atoms with Crippen LogP contribution in [-0.2, 0) is 6.54 Å². The second kappa shape index (κ2) is 4.80. The minimum atomic E-state index is -2.59. The highest BCUT2D eigenvalue weighted by Crippen LogP contribution is 2.15. The Bertz CT molecular complexity index is 307. The zero-order valence-corrected chi connectivity index (χ0v) is 7.21. The Morgan fingerprint density at radius 1 is 1.50 bits per heavy atom. The highest BCUT2D eigenvalue weighted by Gasteiger charge is 2.09. The topological polar surface area (TPSA) is 48.1 Å². The molecule has 0 amide bonds. The van der Waals surface area contributed by atoms with E-state index < -0.39 is 18.8 Å². The predicted octanol–water partition coefficient (Wildman–Crippen LogP) is 1.32. The van der Waals surface area contributed by atoms with Crippen LogP contribution < -0.4 is 10.5 Å². The molecule has 0 bridgehead atoms. The number of ether oxygens (including phenoxy) is 1. The molecule has 3 nitrogen and oxygen atoms in total. The molecule has 2 N–H and O–H groups in total. The van der Waals surface area contributed by atoms with Gasteiger partial charge in [0.1, 0.15) is 5.82 Å². The molecule has 1 aromatic heterocycles. The molecule has 0 aliphatic carbocycles. The maximum atomic E-state index is 12.6. The van der Waals surface area contributed by atoms with Gasteiger partial charge in [0.25, 0.3) is 6.43 Å². The minimum Gasteiger partial charge on any atom is -0.471 e. The first-order valence-electron chi connectivity index (χ1n) is 3.89. The number of nitrogens with two attached hydrogens (primary N) is 1. The third-order valence-electron chi connectivity index (χ3n) is 1.46. The van der Waals surface area contributed by atoms with E-state index in [9.17, 15) is 13.2 Å². The third kappa shape index (κ3) is 2.88. The maximum Gasteiger partial charge on any atom is 0.272 e. The summed E-state index contributed by atoms with van der Waals surface area (Å²) in [7, 11) is 0. The van der Waals surface area contributed by atoms with Gasteiger partial charge in [0.05, 0.1) is 6.20 Å². The molecule has 0 saturated carbocycles. The standard InChI is InChI=1S/C8H9F3N2O/c9-6-1-5(2-12)8(13-3-6)14-4-7(10)11/h1,3,7H,2,4,12H2. The van der Waals surface area contributed by atoms with Gasteiger partial charge in [0.15, 0.2) is 6.61 Å². The molecule has 0 unspecified atom stereocenters. The van der Waals surface area contributed by atoms with Crippen molar-refractivity contribution in [1.82, 2.24) is 4.98 Å². The lowest BCUT2D eigenvalue weighted by Gasteiger charge is -2.08. The van der Waals surface area contributed by atoms with E-state index in [4.69, 9.17) is 5.73 Å². The Kier molecular flexibility index (Phi) is 3.70. The van der Waals surface area contributed by atoms with Crippen LogP contribution in [0.4, 0.5) is 13.2 Å². The summed E-state index contributed by atoms with van der Waals surface area (Å²) in [5, 5.41) is 0. The van der Waals surface area contributed by atoms with E-state index in [-0.39, 0.29) is 18.0 Å². The van der Waals surface area contributed by atoms with Crippen LogP contribution in [0.2, 0.25) is 0 Å². The van der Waals surface area contributed by atoms with E-state index in [1.165, 1.54) is 0 Å². The summed E-state index contributed by atoms with van der Waals surface area (Å²) in [6, 6.07) is 1.10. The van der Waals surface area contributed by atoms with Gasteiger partial charge in [-0.2, -0.15) is 0 Å². The molecule has 0 saturated heterocycles. The van der Waals surface area contributed by atoms with Crippen molar-refractivity contribution in [3.05, 3.63) is 23.6 Å². The third-order valence-corrected chi connectivity index (χ3v) is 1.46. The molecule has 0 aromatic carbocycles. The second-order valence-electron chi connectivity index (χ2n) is 2.52. The summed E-state index contributed by atoms with van der Waals surface area (Å²) in [6.45, 7) is -0.783. The number of aromatic nitrogens is 1. The molecule has 0 spiro atoms. The molecule has 0 atom stereocenters. The van der Waals surface area contributed by atoms with Crippen molar-refractivity contribution in [1.29, 1.82) is 0 Å². The summed E-state index contributed by atoms with van der Waals surface area (Å²) >= 11 is 0. The molecule has 0 fully saturated rings. The van der Waals surface area contributed by atoms with Crippen LogP contribution in [0.3, 0.4) is 0 Å². The van der Waals surface area contributed by atoms with Crippen molar-refractivity contribution in [2.24, 2.45) is 5.73 Å². The molecule has 0 radical (unpaired) electrons. The van der Waals surface area contributed by atoms with E-state index in [0.29, 0.717) is 0 Å². The number of rotatable bonds is 4. The Hall–Kier alpha value is -1.30. The van der Waals surface area contributed by atoms with E-state index in [2.05, 4.69) is 9.72 Å². The molecule has 0 aliphatic heterocycles. The highest BCUT2D eigenvalue weighted by molar-refractivity contribution is 5.25. The van der Waals surface area contributed by atoms with E-state index in [1.807, 2.05) is 0 Å². The van der Waals surface area contributed by atoms with Crippen LogP contribution in [-0.4, -0.2) is 18.0 Å². The predicted molar refractivity (Wildman–Crippen MR) is 43.6 cm³/mol. The molecule has 0 aliphatic rings. The summed E-state index contributed by atoms with van der Waals surface area (Å²) in [5.74, 6) is -0.621. The lowest BCUT2D eigenvalue weighted by molar-refractivity contribution is 0.0790. The van der Waals surface area contributed by atoms with Crippen molar-refractivity contribution in [3.8, 4) is 5.88 Å². The van der Waals surface area contributed by atoms with Gasteiger partial charge in [0, 0.05) is 12.1 Å². The lowest BCUT2D eigenvalue weighted by Crippen LogP contribution is -2.11. The first kappa shape index (κ1) is 10.8. The van der Waals surface area contributed by atoms with Crippen LogP contribution in [0.5, 0.6) is 5.88 Å². The average Bonchev–Trinajstić information content (AvgIpc) is 2.15. The molecule has 6 heteroatoms. The molecule has 78 valence electrons. The fourth-order valence-electron chi connectivity index (χ4n) is 0.887. The van der Waals surface area contributed by atoms with Gasteiger partial charge in [-0.3, -0.25) is 0 Å². The lowest BCUT2D eigenvalue weighted by atomic mass is 10.3. The van der Waals surface area contributed by atoms with Crippen molar-refractivity contribution < 1.29 is 17.9 Å². The molecular formula is C8H9F3N2O. The number of alkyl halides is 2. The van der Waals surface area contributed by atoms with Gasteiger partial charge < -0.3 is 10.5 Å². The highest BCUT2D eigenvalue weighted by atomic mass is 19.3. The largest absolute Gasteiger partial charge is 0.471 e. The summed E-state index contributed by atoms with van der Waals surface area (Å²) in [5.41, 5.74) is 5.52. The number of hydrogen-bond donors (Lipinski definition) is 1. The Morgan fingerprint density at radius 2 is 2.21 bits per heavy atom. The van der Waals surface area contributed by atoms with Gasteiger partial charge >= 0.3 is 0 Å². The normalized spacial score (nSPS) is 10.6. The van der Waals surface area contributed by atoms with Crippen LogP contribution in [0, 0.1) is 5.82 Å². The van der Waals surface area contributed by atoms with Gasteiger partial charge in [-0.25, -0.2) is 18.2 Å². The van der Waals surface area contributed by atoms with E-state index in [1.54, 1.807) is 0 Å². The quantitative estimate of drug-likeness (QED) is 0.808. The Labute approximate surface area is 78.7 Å². The molecule has 1 rings (SSSR count). The first-order valence-corrected chi connectivity index (χ1v) is 3.89. The van der Waals surface area contributed by atoms with Gasteiger partial charge in [-0.05, 0) is 6.07 Å². The van der Waals surface area contributed by atoms with Crippen LogP contribution in [0.15, 0.2) is 12.3 Å². The minimum absolute atomic E-state index is 0.0106. The van der Waals surface area contributed by atoms with Crippen molar-refractivity contribution in [3.63, 3.8) is 0 Å². The van der Waals surface area contributed by atoms with Gasteiger partial charge in [-0.1, -0.05) is 0 Å². The fourth-order valence-corrected chi connectivity index (χ4v) is 0.887. The molecule has 1 heterocycles. The molecule has 1 aromatic rings. The zero-order chi connectivity index (χ0) is 10.6. The number of nitrogens with zero attached hydrogens (tertiary/aromatic N) is 1. The van der Waals surface area contributed by atoms with Crippen molar-refractivity contribution >= 4 is 0 Å². The summed E-state index contributed by atoms with van der Waals surface area (Å²) < 4.78 is 40.8. The van der Waals surface area contributed by atoms with Crippen molar-refractivity contribution in [2.75, 3.05) is 6.61 Å². The number of halogens is 3. The van der Waals surface area contributed by atoms with Crippen LogP contribution in [0.1, 0.15) is 5.56 Å². The molecule has 14 heavy (non-hydrogen) atoms. The maximum absolute atomic E-state index is 12.6. The SMILES string of the molecule is NCc1cc(F)cnc1OCC(F)F.